The normalized spacial score (nSPS) is 25.1. The summed E-state index contributed by atoms with van der Waals surface area (Å²) in [6, 6.07) is 0. The molecule has 0 N–H and O–H groups in total. The van der Waals surface area contributed by atoms with Gasteiger partial charge in [0.15, 0.2) is 0 Å². The zero-order valence-corrected chi connectivity index (χ0v) is 7.41. The summed E-state index contributed by atoms with van der Waals surface area (Å²) in [4.78, 5) is 0. The largest absolute Gasteiger partial charge is 0.0602 e. The number of hydrogen-bond acceptors (Lipinski definition) is 0. The molecule has 0 saturated heterocycles. The van der Waals surface area contributed by atoms with Gasteiger partial charge in [-0.3, -0.25) is 0 Å². The smallest absolute Gasteiger partial charge is 0.0270 e. The fourth-order valence-corrected chi connectivity index (χ4v) is 1.06. The summed E-state index contributed by atoms with van der Waals surface area (Å²) in [6.07, 6.45) is 3.21. The van der Waals surface area contributed by atoms with Crippen LogP contribution in [0.4, 0.5) is 0 Å². The van der Waals surface area contributed by atoms with Gasteiger partial charge >= 0.3 is 0 Å². The predicted molar refractivity (Wildman–Crippen MR) is 46.0 cm³/mol. The fourth-order valence-electron chi connectivity index (χ4n) is 1.06. The first-order valence-corrected chi connectivity index (χ1v) is 4.31. The van der Waals surface area contributed by atoms with Crippen molar-refractivity contribution < 1.29 is 2.74 Å². The first-order chi connectivity index (χ1) is 5.31. The third kappa shape index (κ3) is 2.72. The quantitative estimate of drug-likeness (QED) is 0.552. The molecule has 0 aliphatic heterocycles. The second-order valence-corrected chi connectivity index (χ2v) is 4.57. The minimum Gasteiger partial charge on any atom is -0.0602 e. The minimum absolute atomic E-state index is 0.124. The second-order valence-electron chi connectivity index (χ2n) is 4.57. The van der Waals surface area contributed by atoms with E-state index in [1.165, 1.54) is 6.42 Å². The van der Waals surface area contributed by atoms with Crippen LogP contribution in [0.25, 0.3) is 0 Å². The highest BCUT2D eigenvalue weighted by Gasteiger charge is 2.19. The summed E-state index contributed by atoms with van der Waals surface area (Å²) in [7, 11) is 0. The van der Waals surface area contributed by atoms with Crippen molar-refractivity contribution in [1.82, 2.24) is 0 Å². The highest BCUT2D eigenvalue weighted by molar-refractivity contribution is 4.72. The SMILES string of the molecule is [2H]C([2H])(CC(C)(C)C)C1CCC1. The molecule has 1 aliphatic rings. The first kappa shape index (κ1) is 5.62. The van der Waals surface area contributed by atoms with Crippen LogP contribution in [0, 0.1) is 11.3 Å². The highest BCUT2D eigenvalue weighted by Crippen LogP contribution is 2.34. The summed E-state index contributed by atoms with van der Waals surface area (Å²) >= 11 is 0. The van der Waals surface area contributed by atoms with E-state index in [1.807, 2.05) is 0 Å². The lowest BCUT2D eigenvalue weighted by Crippen LogP contribution is -2.14. The van der Waals surface area contributed by atoms with Crippen molar-refractivity contribution in [2.45, 2.75) is 52.8 Å². The molecule has 1 saturated carbocycles. The molecule has 0 heterocycles. The monoisotopic (exact) mass is 142 g/mol. The molecule has 1 rings (SSSR count). The van der Waals surface area contributed by atoms with Crippen LogP contribution in [0.3, 0.4) is 0 Å². The Hall–Kier alpha value is 0. The maximum absolute atomic E-state index is 7.91. The molecule has 0 nitrogen and oxygen atoms in total. The van der Waals surface area contributed by atoms with E-state index in [2.05, 4.69) is 20.8 Å². The molecule has 0 heteroatoms. The molecule has 0 spiro atoms. The van der Waals surface area contributed by atoms with E-state index >= 15 is 0 Å². The summed E-state index contributed by atoms with van der Waals surface area (Å²) in [5.74, 6) is 0.344. The van der Waals surface area contributed by atoms with Crippen LogP contribution in [0.2, 0.25) is 0 Å². The molecule has 60 valence electrons. The third-order valence-electron chi connectivity index (χ3n) is 2.03. The van der Waals surface area contributed by atoms with Gasteiger partial charge in [0.2, 0.25) is 0 Å². The minimum atomic E-state index is -0.920. The Balaban J connectivity index is 2.47. The Morgan fingerprint density at radius 1 is 1.40 bits per heavy atom. The van der Waals surface area contributed by atoms with Crippen LogP contribution in [-0.2, 0) is 0 Å². The van der Waals surface area contributed by atoms with Gasteiger partial charge in [-0.15, -0.1) is 0 Å². The Bertz CT molecular complexity index is 152. The van der Waals surface area contributed by atoms with Crippen LogP contribution < -0.4 is 0 Å². The van der Waals surface area contributed by atoms with Gasteiger partial charge in [0.1, 0.15) is 0 Å². The zero-order valence-electron chi connectivity index (χ0n) is 9.41. The van der Waals surface area contributed by atoms with Crippen molar-refractivity contribution >= 4 is 0 Å². The van der Waals surface area contributed by atoms with E-state index < -0.39 is 6.37 Å². The van der Waals surface area contributed by atoms with Crippen molar-refractivity contribution in [1.29, 1.82) is 0 Å². The lowest BCUT2D eigenvalue weighted by molar-refractivity contribution is 0.243. The molecule has 1 fully saturated rings. The lowest BCUT2D eigenvalue weighted by Gasteiger charge is -2.28. The molecule has 0 bridgehead atoms. The van der Waals surface area contributed by atoms with Crippen molar-refractivity contribution in [3.63, 3.8) is 0 Å². The van der Waals surface area contributed by atoms with Crippen molar-refractivity contribution in [2.24, 2.45) is 11.3 Å². The zero-order chi connectivity index (χ0) is 9.41. The molecule has 0 radical (unpaired) electrons. The van der Waals surface area contributed by atoms with E-state index in [-0.39, 0.29) is 5.41 Å². The molecule has 0 atom stereocenters. The molecule has 1 aliphatic carbocycles. The van der Waals surface area contributed by atoms with Gasteiger partial charge in [-0.05, 0) is 24.1 Å². The molecule has 0 aromatic carbocycles. The Morgan fingerprint density at radius 3 is 2.30 bits per heavy atom. The van der Waals surface area contributed by atoms with Crippen molar-refractivity contribution in [3.05, 3.63) is 0 Å². The van der Waals surface area contributed by atoms with Crippen LogP contribution >= 0.6 is 0 Å². The van der Waals surface area contributed by atoms with Gasteiger partial charge in [-0.25, -0.2) is 0 Å². The summed E-state index contributed by atoms with van der Waals surface area (Å²) in [5.41, 5.74) is 0.124. The summed E-state index contributed by atoms with van der Waals surface area (Å²) < 4.78 is 15.8. The van der Waals surface area contributed by atoms with Gasteiger partial charge in [0.25, 0.3) is 0 Å². The van der Waals surface area contributed by atoms with E-state index in [1.54, 1.807) is 0 Å². The maximum atomic E-state index is 7.91. The molecule has 10 heavy (non-hydrogen) atoms. The fraction of sp³-hybridized carbons (Fsp3) is 1.00. The van der Waals surface area contributed by atoms with E-state index in [0.29, 0.717) is 12.3 Å². The Morgan fingerprint density at radius 2 is 2.00 bits per heavy atom. The van der Waals surface area contributed by atoms with Gasteiger partial charge < -0.3 is 0 Å². The predicted octanol–water partition coefficient (Wildman–Crippen LogP) is 3.61. The molecule has 0 aromatic rings. The van der Waals surface area contributed by atoms with Gasteiger partial charge in [0.05, 0.1) is 0 Å². The molecular formula is C10H20. The van der Waals surface area contributed by atoms with E-state index in [0.717, 1.165) is 12.8 Å². The topological polar surface area (TPSA) is 0 Å². The highest BCUT2D eigenvalue weighted by atomic mass is 14.3. The number of rotatable bonds is 2. The maximum Gasteiger partial charge on any atom is 0.0270 e. The third-order valence-corrected chi connectivity index (χ3v) is 2.03. The van der Waals surface area contributed by atoms with Gasteiger partial charge in [-0.1, -0.05) is 40.0 Å². The lowest BCUT2D eigenvalue weighted by atomic mass is 9.78. The van der Waals surface area contributed by atoms with Gasteiger partial charge in [0, 0.05) is 2.74 Å². The molecular weight excluding hydrogens is 120 g/mol. The molecule has 0 aromatic heterocycles. The first-order valence-electron chi connectivity index (χ1n) is 5.31. The average molecular weight is 142 g/mol. The average Bonchev–Trinajstić information content (AvgIpc) is 1.45. The van der Waals surface area contributed by atoms with Gasteiger partial charge in [-0.2, -0.15) is 0 Å². The van der Waals surface area contributed by atoms with Crippen molar-refractivity contribution in [2.75, 3.05) is 0 Å². The van der Waals surface area contributed by atoms with Crippen LogP contribution in [-0.4, -0.2) is 0 Å². The second kappa shape index (κ2) is 2.94. The molecule has 0 amide bonds. The van der Waals surface area contributed by atoms with Crippen LogP contribution in [0.5, 0.6) is 0 Å². The van der Waals surface area contributed by atoms with Crippen molar-refractivity contribution in [3.8, 4) is 0 Å². The summed E-state index contributed by atoms with van der Waals surface area (Å²) in [6.45, 7) is 6.34. The summed E-state index contributed by atoms with van der Waals surface area (Å²) in [5, 5.41) is 0. The standard InChI is InChI=1S/C10H20/c1-10(2,3)8-7-9-5-4-6-9/h9H,4-8H2,1-3H3/i7D2. The van der Waals surface area contributed by atoms with Crippen LogP contribution in [0.15, 0.2) is 0 Å². The Labute approximate surface area is 67.8 Å². The van der Waals surface area contributed by atoms with E-state index in [4.69, 9.17) is 2.74 Å². The molecule has 0 unspecified atom stereocenters. The van der Waals surface area contributed by atoms with Crippen LogP contribution in [0.1, 0.15) is 55.6 Å². The Kier molecular flexibility index (Phi) is 1.65. The van der Waals surface area contributed by atoms with E-state index in [9.17, 15) is 0 Å². The number of hydrogen-bond donors (Lipinski definition) is 0.